The van der Waals surface area contributed by atoms with Gasteiger partial charge in [-0.05, 0) is 13.3 Å². The molecule has 1 saturated heterocycles. The molecule has 0 aliphatic carbocycles. The van der Waals surface area contributed by atoms with Crippen molar-refractivity contribution >= 4 is 11.9 Å². The zero-order valence-electron chi connectivity index (χ0n) is 26.6. The Balaban J connectivity index is 2.44. The summed E-state index contributed by atoms with van der Waals surface area (Å²) in [7, 11) is 0. The molecule has 2 N–H and O–H groups in total. The van der Waals surface area contributed by atoms with Gasteiger partial charge in [0, 0.05) is 0 Å². The highest BCUT2D eigenvalue weighted by molar-refractivity contribution is 5.68. The summed E-state index contributed by atoms with van der Waals surface area (Å²) in [5.74, 6) is -2.28. The van der Waals surface area contributed by atoms with Crippen LogP contribution in [0.1, 0.15) is 84.5 Å². The van der Waals surface area contributed by atoms with Crippen molar-refractivity contribution in [3.05, 3.63) is 0 Å². The fraction of sp³-hybridized carbons (Fsp3) is 0.935. The van der Waals surface area contributed by atoms with Crippen LogP contribution in [0, 0.1) is 0 Å². The summed E-state index contributed by atoms with van der Waals surface area (Å²) in [6, 6.07) is 0. The molecule has 254 valence electrons. The molecule has 0 amide bonds. The molecule has 0 bridgehead atoms. The molecule has 0 spiro atoms. The van der Waals surface area contributed by atoms with Crippen LogP contribution in [0.3, 0.4) is 0 Å². The first-order valence-electron chi connectivity index (χ1n) is 16.0. The number of unbranched alkanes of at least 4 members (excludes halogenated alkanes) is 9. The van der Waals surface area contributed by atoms with Crippen LogP contribution in [0.2, 0.25) is 0 Å². The van der Waals surface area contributed by atoms with Crippen LogP contribution >= 0.6 is 0 Å². The first-order chi connectivity index (χ1) is 20.8. The van der Waals surface area contributed by atoms with E-state index in [1.165, 1.54) is 57.8 Å². The summed E-state index contributed by atoms with van der Waals surface area (Å²) in [6.07, 6.45) is 13.1. The second-order valence-electron chi connectivity index (χ2n) is 11.3. The van der Waals surface area contributed by atoms with Gasteiger partial charge < -0.3 is 48.1 Å². The maximum absolute atomic E-state index is 10.9. The molecule has 1 aliphatic heterocycles. The molecule has 12 nitrogen and oxygen atoms in total. The average Bonchev–Trinajstić information content (AvgIpc) is 2.97. The van der Waals surface area contributed by atoms with E-state index in [0.717, 1.165) is 12.8 Å². The largest absolute Gasteiger partial charge is 0.480 e. The van der Waals surface area contributed by atoms with E-state index in [9.17, 15) is 9.59 Å². The summed E-state index contributed by atoms with van der Waals surface area (Å²) in [4.78, 5) is 21.6. The molecular formula is C31H58O12. The average molecular weight is 623 g/mol. The fourth-order valence-corrected chi connectivity index (χ4v) is 4.56. The monoisotopic (exact) mass is 622 g/mol. The highest BCUT2D eigenvalue weighted by Crippen LogP contribution is 2.15. The lowest BCUT2D eigenvalue weighted by Crippen LogP contribution is -2.42. The second-order valence-corrected chi connectivity index (χ2v) is 11.3. The maximum atomic E-state index is 10.9. The number of aliphatic carboxylic acids is 2. The van der Waals surface area contributed by atoms with Crippen LogP contribution in [-0.4, -0.2) is 126 Å². The number of ether oxygens (including phenoxy) is 8. The molecule has 0 aromatic heterocycles. The Morgan fingerprint density at radius 3 is 2.07 bits per heavy atom. The zero-order valence-corrected chi connectivity index (χ0v) is 26.6. The molecule has 43 heavy (non-hydrogen) atoms. The van der Waals surface area contributed by atoms with Crippen LogP contribution in [0.4, 0.5) is 0 Å². The first kappa shape index (κ1) is 39.6. The standard InChI is InChI=1S/C31H58O12/c1-3-4-5-6-7-8-9-10-11-12-13-27-20-37-17-19-43-31(2,25-38-15-14-36-16-18-41-27)26-40-22-28(42-24-30(34)35)21-39-23-29(32)33/h27-28H,3-26H2,1-2H3,(H,32,33)(H,34,35). The van der Waals surface area contributed by atoms with E-state index >= 15 is 0 Å². The van der Waals surface area contributed by atoms with Gasteiger partial charge >= 0.3 is 11.9 Å². The number of carbonyl (C=O) groups is 2. The number of rotatable bonds is 22. The molecule has 1 aliphatic rings. The normalized spacial score (nSPS) is 22.0. The van der Waals surface area contributed by atoms with Gasteiger partial charge in [-0.15, -0.1) is 0 Å². The molecule has 1 rings (SSSR count). The van der Waals surface area contributed by atoms with E-state index in [1.807, 2.05) is 6.92 Å². The van der Waals surface area contributed by atoms with Gasteiger partial charge in [0.2, 0.25) is 0 Å². The number of hydrogen-bond donors (Lipinski definition) is 2. The lowest BCUT2D eigenvalue weighted by Gasteiger charge is -2.30. The van der Waals surface area contributed by atoms with Gasteiger partial charge in [0.25, 0.3) is 0 Å². The molecule has 3 atom stereocenters. The van der Waals surface area contributed by atoms with E-state index in [1.54, 1.807) is 0 Å². The molecule has 0 radical (unpaired) electrons. The van der Waals surface area contributed by atoms with Crippen LogP contribution in [-0.2, 0) is 47.5 Å². The Morgan fingerprint density at radius 2 is 1.37 bits per heavy atom. The van der Waals surface area contributed by atoms with E-state index in [4.69, 9.17) is 48.1 Å². The van der Waals surface area contributed by atoms with Gasteiger partial charge in [-0.25, -0.2) is 9.59 Å². The lowest BCUT2D eigenvalue weighted by atomic mass is 10.0. The van der Waals surface area contributed by atoms with Gasteiger partial charge in [0.15, 0.2) is 0 Å². The molecule has 12 heteroatoms. The number of hydrogen-bond acceptors (Lipinski definition) is 10. The maximum Gasteiger partial charge on any atom is 0.329 e. The lowest BCUT2D eigenvalue weighted by molar-refractivity contribution is -0.160. The van der Waals surface area contributed by atoms with Gasteiger partial charge in [-0.1, -0.05) is 71.1 Å². The van der Waals surface area contributed by atoms with Crippen molar-refractivity contribution in [1.29, 1.82) is 0 Å². The van der Waals surface area contributed by atoms with Gasteiger partial charge in [0.05, 0.1) is 78.8 Å². The minimum absolute atomic E-state index is 0.0105. The fourth-order valence-electron chi connectivity index (χ4n) is 4.56. The second kappa shape index (κ2) is 27.0. The van der Waals surface area contributed by atoms with Crippen molar-refractivity contribution < 1.29 is 57.7 Å². The van der Waals surface area contributed by atoms with Crippen molar-refractivity contribution in [3.8, 4) is 0 Å². The SMILES string of the molecule is CCCCCCCCCCCCC1COCCOC(C)(COCC(COCC(=O)O)OCC(=O)O)COCCOCCO1. The summed E-state index contributed by atoms with van der Waals surface area (Å²) in [5, 5.41) is 17.7. The van der Waals surface area contributed by atoms with Crippen molar-refractivity contribution in [1.82, 2.24) is 0 Å². The molecule has 0 aromatic carbocycles. The summed E-state index contributed by atoms with van der Waals surface area (Å²) >= 11 is 0. The molecule has 1 heterocycles. The quantitative estimate of drug-likeness (QED) is 0.167. The Labute approximate surface area is 258 Å². The Hall–Kier alpha value is -1.38. The van der Waals surface area contributed by atoms with E-state index in [2.05, 4.69) is 6.92 Å². The van der Waals surface area contributed by atoms with Gasteiger partial charge in [0.1, 0.15) is 24.9 Å². The van der Waals surface area contributed by atoms with Gasteiger partial charge in [-0.3, -0.25) is 0 Å². The third-order valence-corrected chi connectivity index (χ3v) is 6.91. The Morgan fingerprint density at radius 1 is 0.767 bits per heavy atom. The van der Waals surface area contributed by atoms with E-state index < -0.39 is 36.9 Å². The third kappa shape index (κ3) is 24.6. The van der Waals surface area contributed by atoms with Crippen molar-refractivity contribution in [2.24, 2.45) is 0 Å². The van der Waals surface area contributed by atoms with Gasteiger partial charge in [-0.2, -0.15) is 0 Å². The zero-order chi connectivity index (χ0) is 31.4. The van der Waals surface area contributed by atoms with Crippen molar-refractivity contribution in [3.63, 3.8) is 0 Å². The molecule has 0 aromatic rings. The van der Waals surface area contributed by atoms with Crippen molar-refractivity contribution in [2.45, 2.75) is 102 Å². The minimum atomic E-state index is -1.15. The predicted octanol–water partition coefficient (Wildman–Crippen LogP) is 4.11. The van der Waals surface area contributed by atoms with E-state index in [0.29, 0.717) is 46.2 Å². The molecule has 0 saturated carbocycles. The van der Waals surface area contributed by atoms with Crippen LogP contribution in [0.15, 0.2) is 0 Å². The number of carboxylic acid groups (broad SMARTS) is 2. The van der Waals surface area contributed by atoms with Crippen LogP contribution < -0.4 is 0 Å². The Bertz CT molecular complexity index is 679. The van der Waals surface area contributed by atoms with Crippen molar-refractivity contribution in [2.75, 3.05) is 85.9 Å². The highest BCUT2D eigenvalue weighted by atomic mass is 16.6. The number of carboxylic acids is 2. The molecular weight excluding hydrogens is 564 g/mol. The summed E-state index contributed by atoms with van der Waals surface area (Å²) in [5.41, 5.74) is -0.811. The summed E-state index contributed by atoms with van der Waals surface area (Å²) < 4.78 is 45.6. The van der Waals surface area contributed by atoms with Crippen LogP contribution in [0.5, 0.6) is 0 Å². The Kier molecular flexibility index (Phi) is 24.9. The first-order valence-corrected chi connectivity index (χ1v) is 16.0. The summed E-state index contributed by atoms with van der Waals surface area (Å²) in [6.45, 7) is 6.27. The third-order valence-electron chi connectivity index (χ3n) is 6.91. The highest BCUT2D eigenvalue weighted by Gasteiger charge is 2.27. The van der Waals surface area contributed by atoms with E-state index in [-0.39, 0.29) is 32.5 Å². The minimum Gasteiger partial charge on any atom is -0.480 e. The van der Waals surface area contributed by atoms with Crippen LogP contribution in [0.25, 0.3) is 0 Å². The smallest absolute Gasteiger partial charge is 0.329 e. The predicted molar refractivity (Wildman–Crippen MR) is 160 cm³/mol. The molecule has 3 unspecified atom stereocenters. The molecule has 1 fully saturated rings. The topological polar surface area (TPSA) is 148 Å².